The van der Waals surface area contributed by atoms with Crippen molar-refractivity contribution in [1.82, 2.24) is 0 Å². The van der Waals surface area contributed by atoms with Crippen molar-refractivity contribution in [3.63, 3.8) is 0 Å². The second-order valence-electron chi connectivity index (χ2n) is 15.5. The third-order valence-electron chi connectivity index (χ3n) is 11.9. The van der Waals surface area contributed by atoms with Gasteiger partial charge in [0.2, 0.25) is 0 Å². The van der Waals surface area contributed by atoms with Crippen molar-refractivity contribution in [3.8, 4) is 22.3 Å². The van der Waals surface area contributed by atoms with Crippen LogP contribution in [-0.4, -0.2) is 0 Å². The number of anilines is 6. The Kier molecular flexibility index (Phi) is 8.76. The Hall–Kier alpha value is -7.16. The maximum absolute atomic E-state index is 2.51. The number of nitrogens with zero attached hydrogens (tertiary/aromatic N) is 2. The predicted molar refractivity (Wildman–Crippen MR) is 249 cm³/mol. The molecule has 0 saturated carbocycles. The molecule has 2 nitrogen and oxygen atoms in total. The zero-order valence-electron chi connectivity index (χ0n) is 33.4. The van der Waals surface area contributed by atoms with E-state index in [2.05, 4.69) is 232 Å². The normalized spacial score (nSPS) is 11.4. The van der Waals surface area contributed by atoms with Crippen molar-refractivity contribution in [2.45, 2.75) is 27.7 Å². The van der Waals surface area contributed by atoms with Gasteiger partial charge < -0.3 is 9.80 Å². The van der Waals surface area contributed by atoms with Gasteiger partial charge >= 0.3 is 0 Å². The molecule has 10 aromatic carbocycles. The Balaban J connectivity index is 1.28. The van der Waals surface area contributed by atoms with E-state index >= 15 is 0 Å². The Labute approximate surface area is 341 Å². The summed E-state index contributed by atoms with van der Waals surface area (Å²) in [7, 11) is 0. The molecule has 0 spiro atoms. The second-order valence-corrected chi connectivity index (χ2v) is 15.5. The van der Waals surface area contributed by atoms with Crippen molar-refractivity contribution in [2.75, 3.05) is 9.80 Å². The topological polar surface area (TPSA) is 6.48 Å². The molecular formula is C56H44N2. The van der Waals surface area contributed by atoms with Gasteiger partial charge in [0.15, 0.2) is 0 Å². The lowest BCUT2D eigenvalue weighted by Gasteiger charge is -2.33. The van der Waals surface area contributed by atoms with Crippen molar-refractivity contribution >= 4 is 66.4 Å². The van der Waals surface area contributed by atoms with E-state index < -0.39 is 0 Å². The molecule has 0 bridgehead atoms. The van der Waals surface area contributed by atoms with E-state index in [1.165, 1.54) is 99.6 Å². The standard InChI is InChI=1S/C56H44N2/c1-37-17-11-13-27-49(37)57(55-39(3)19-15-25-45(55)41-21-7-5-8-22-41)51-35-31-43-30-34-48-52(36-32-44-29-33-47(51)53(43)54(44)48)58(50-28-14-12-18-38(50)2)56-40(4)20-16-26-46(56)42-23-9-6-10-24-42/h5-36H,1-4H3. The molecule has 58 heavy (non-hydrogen) atoms. The maximum atomic E-state index is 2.51. The molecule has 0 aromatic heterocycles. The summed E-state index contributed by atoms with van der Waals surface area (Å²) in [6.45, 7) is 8.93. The van der Waals surface area contributed by atoms with Gasteiger partial charge in [-0.1, -0.05) is 170 Å². The summed E-state index contributed by atoms with van der Waals surface area (Å²) < 4.78 is 0. The van der Waals surface area contributed by atoms with E-state index in [0.717, 1.165) is 11.4 Å². The summed E-state index contributed by atoms with van der Waals surface area (Å²) in [5.74, 6) is 0. The number of para-hydroxylation sites is 4. The molecule has 0 aliphatic rings. The van der Waals surface area contributed by atoms with E-state index in [1.54, 1.807) is 0 Å². The molecule has 0 aliphatic heterocycles. The van der Waals surface area contributed by atoms with Gasteiger partial charge in [0, 0.05) is 33.3 Å². The van der Waals surface area contributed by atoms with Crippen LogP contribution in [0.1, 0.15) is 22.3 Å². The Morgan fingerprint density at radius 3 is 1.05 bits per heavy atom. The van der Waals surface area contributed by atoms with Crippen molar-refractivity contribution in [2.24, 2.45) is 0 Å². The first-order valence-corrected chi connectivity index (χ1v) is 20.2. The minimum absolute atomic E-state index is 1.16. The van der Waals surface area contributed by atoms with Crippen LogP contribution in [0.5, 0.6) is 0 Å². The van der Waals surface area contributed by atoms with Crippen molar-refractivity contribution in [3.05, 3.63) is 216 Å². The van der Waals surface area contributed by atoms with Crippen LogP contribution in [0.2, 0.25) is 0 Å². The molecular weight excluding hydrogens is 701 g/mol. The van der Waals surface area contributed by atoms with E-state index in [0.29, 0.717) is 0 Å². The van der Waals surface area contributed by atoms with Gasteiger partial charge in [-0.2, -0.15) is 0 Å². The molecule has 10 rings (SSSR count). The van der Waals surface area contributed by atoms with Crippen LogP contribution >= 0.6 is 0 Å². The monoisotopic (exact) mass is 744 g/mol. The Morgan fingerprint density at radius 1 is 0.276 bits per heavy atom. The van der Waals surface area contributed by atoms with Crippen molar-refractivity contribution in [1.29, 1.82) is 0 Å². The number of rotatable bonds is 8. The third kappa shape index (κ3) is 5.80. The maximum Gasteiger partial charge on any atom is 0.0569 e. The SMILES string of the molecule is Cc1ccccc1N(c1c(C)cccc1-c1ccccc1)c1ccc2ccc3c(N(c4ccccc4C)c4c(C)cccc4-c4ccccc4)ccc4ccc1c2c43. The van der Waals surface area contributed by atoms with Crippen LogP contribution in [0.15, 0.2) is 194 Å². The molecule has 0 atom stereocenters. The van der Waals surface area contributed by atoms with Crippen LogP contribution in [0.25, 0.3) is 54.6 Å². The predicted octanol–water partition coefficient (Wildman–Crippen LogP) is 16.1. The minimum Gasteiger partial charge on any atom is -0.309 e. The molecule has 10 aromatic rings. The molecule has 0 radical (unpaired) electrons. The molecule has 0 amide bonds. The highest BCUT2D eigenvalue weighted by atomic mass is 15.2. The summed E-state index contributed by atoms with van der Waals surface area (Å²) in [5, 5.41) is 7.47. The highest BCUT2D eigenvalue weighted by molar-refractivity contribution is 6.28. The lowest BCUT2D eigenvalue weighted by molar-refractivity contribution is 1.23. The fourth-order valence-corrected chi connectivity index (χ4v) is 9.14. The van der Waals surface area contributed by atoms with Crippen LogP contribution in [0.4, 0.5) is 34.1 Å². The number of hydrogen-bond acceptors (Lipinski definition) is 2. The number of hydrogen-bond donors (Lipinski definition) is 0. The molecule has 0 N–H and O–H groups in total. The van der Waals surface area contributed by atoms with Gasteiger partial charge in [0.1, 0.15) is 0 Å². The largest absolute Gasteiger partial charge is 0.309 e. The Bertz CT molecular complexity index is 2900. The first kappa shape index (κ1) is 35.3. The minimum atomic E-state index is 1.16. The number of benzene rings is 10. The Morgan fingerprint density at radius 2 is 0.638 bits per heavy atom. The average Bonchev–Trinajstić information content (AvgIpc) is 3.26. The molecule has 0 fully saturated rings. The van der Waals surface area contributed by atoms with E-state index in [1.807, 2.05) is 0 Å². The first-order chi connectivity index (χ1) is 28.5. The fourth-order valence-electron chi connectivity index (χ4n) is 9.14. The highest BCUT2D eigenvalue weighted by Gasteiger charge is 2.26. The van der Waals surface area contributed by atoms with Gasteiger partial charge in [-0.05, 0) is 107 Å². The second kappa shape index (κ2) is 14.4. The summed E-state index contributed by atoms with van der Waals surface area (Å²) in [4.78, 5) is 5.03. The highest BCUT2D eigenvalue weighted by Crippen LogP contribution is 2.51. The zero-order chi connectivity index (χ0) is 39.3. The number of aryl methyl sites for hydroxylation is 4. The van der Waals surface area contributed by atoms with Gasteiger partial charge in [-0.15, -0.1) is 0 Å². The summed E-state index contributed by atoms with van der Waals surface area (Å²) >= 11 is 0. The summed E-state index contributed by atoms with van der Waals surface area (Å²) in [6.07, 6.45) is 0. The summed E-state index contributed by atoms with van der Waals surface area (Å²) in [5.41, 5.74) is 16.7. The van der Waals surface area contributed by atoms with E-state index in [9.17, 15) is 0 Å². The third-order valence-corrected chi connectivity index (χ3v) is 11.9. The molecule has 0 aliphatic carbocycles. The average molecular weight is 745 g/mol. The van der Waals surface area contributed by atoms with Crippen molar-refractivity contribution < 1.29 is 0 Å². The molecule has 2 heteroatoms. The quantitative estimate of drug-likeness (QED) is 0.143. The summed E-state index contributed by atoms with van der Waals surface area (Å²) in [6, 6.07) is 71.2. The zero-order valence-corrected chi connectivity index (χ0v) is 33.4. The van der Waals surface area contributed by atoms with E-state index in [-0.39, 0.29) is 0 Å². The van der Waals surface area contributed by atoms with Gasteiger partial charge in [0.25, 0.3) is 0 Å². The molecule has 0 saturated heterocycles. The smallest absolute Gasteiger partial charge is 0.0569 e. The van der Waals surface area contributed by atoms with E-state index in [4.69, 9.17) is 0 Å². The first-order valence-electron chi connectivity index (χ1n) is 20.2. The van der Waals surface area contributed by atoms with Crippen LogP contribution in [-0.2, 0) is 0 Å². The molecule has 0 heterocycles. The molecule has 278 valence electrons. The van der Waals surface area contributed by atoms with Crippen LogP contribution in [0.3, 0.4) is 0 Å². The lowest BCUT2D eigenvalue weighted by Crippen LogP contribution is -2.15. The van der Waals surface area contributed by atoms with Gasteiger partial charge in [0.05, 0.1) is 22.7 Å². The van der Waals surface area contributed by atoms with Gasteiger partial charge in [-0.3, -0.25) is 0 Å². The lowest BCUT2D eigenvalue weighted by atomic mass is 9.90. The molecule has 0 unspecified atom stereocenters. The van der Waals surface area contributed by atoms with Crippen LogP contribution in [0, 0.1) is 27.7 Å². The fraction of sp³-hybridized carbons (Fsp3) is 0.0714. The van der Waals surface area contributed by atoms with Gasteiger partial charge in [-0.25, -0.2) is 0 Å². The van der Waals surface area contributed by atoms with Crippen LogP contribution < -0.4 is 9.80 Å².